The molecule has 6 heteroatoms. The molecule has 3 rings (SSSR count). The van der Waals surface area contributed by atoms with Crippen LogP contribution in [0, 0.1) is 0 Å². The van der Waals surface area contributed by atoms with Gasteiger partial charge in [0.15, 0.2) is 0 Å². The van der Waals surface area contributed by atoms with E-state index in [1.54, 1.807) is 17.4 Å². The number of esters is 1. The molecule has 1 aromatic heterocycles. The third-order valence-electron chi connectivity index (χ3n) is 4.14. The van der Waals surface area contributed by atoms with Crippen LogP contribution in [-0.2, 0) is 9.53 Å². The number of ether oxygens (including phenoxy) is 1. The van der Waals surface area contributed by atoms with E-state index in [0.717, 1.165) is 42.6 Å². The van der Waals surface area contributed by atoms with E-state index in [4.69, 9.17) is 16.3 Å². The number of nitrogens with zero attached hydrogens (tertiary/aromatic N) is 2. The van der Waals surface area contributed by atoms with Crippen molar-refractivity contribution in [3.8, 4) is 0 Å². The highest BCUT2D eigenvalue weighted by Crippen LogP contribution is 2.19. The first-order valence-electron chi connectivity index (χ1n) is 8.32. The summed E-state index contributed by atoms with van der Waals surface area (Å²) in [6.07, 6.45) is 3.28. The van der Waals surface area contributed by atoms with Gasteiger partial charge in [-0.05, 0) is 41.8 Å². The molecule has 0 radical (unpaired) electrons. The molecule has 0 spiro atoms. The number of halogens is 1. The lowest BCUT2D eigenvalue weighted by Gasteiger charge is -2.35. The lowest BCUT2D eigenvalue weighted by molar-refractivity contribution is -0.138. The molecule has 0 N–H and O–H groups in total. The van der Waals surface area contributed by atoms with Crippen LogP contribution >= 0.6 is 22.9 Å². The van der Waals surface area contributed by atoms with Crippen LogP contribution in [0.15, 0.2) is 47.9 Å². The van der Waals surface area contributed by atoms with Gasteiger partial charge in [-0.15, -0.1) is 11.3 Å². The Morgan fingerprint density at radius 3 is 2.60 bits per heavy atom. The van der Waals surface area contributed by atoms with Crippen molar-refractivity contribution < 1.29 is 9.53 Å². The van der Waals surface area contributed by atoms with Crippen LogP contribution in [0.4, 0.5) is 5.69 Å². The second-order valence-corrected chi connectivity index (χ2v) is 7.24. The van der Waals surface area contributed by atoms with E-state index in [1.165, 1.54) is 11.8 Å². The summed E-state index contributed by atoms with van der Waals surface area (Å²) < 4.78 is 5.28. The fourth-order valence-corrected chi connectivity index (χ4v) is 3.49. The number of hydrogen-bond acceptors (Lipinski definition) is 5. The van der Waals surface area contributed by atoms with E-state index in [0.29, 0.717) is 6.61 Å². The monoisotopic (exact) mass is 376 g/mol. The first kappa shape index (κ1) is 18.0. The molecule has 4 nitrogen and oxygen atoms in total. The van der Waals surface area contributed by atoms with Crippen LogP contribution in [0.3, 0.4) is 0 Å². The molecule has 0 aliphatic carbocycles. The van der Waals surface area contributed by atoms with Gasteiger partial charge < -0.3 is 9.64 Å². The Bertz CT molecular complexity index is 693. The molecule has 0 amide bonds. The van der Waals surface area contributed by atoms with Gasteiger partial charge >= 0.3 is 5.97 Å². The van der Waals surface area contributed by atoms with Crippen LogP contribution in [-0.4, -0.2) is 50.2 Å². The van der Waals surface area contributed by atoms with Gasteiger partial charge in [0.05, 0.1) is 0 Å². The molecule has 2 heterocycles. The van der Waals surface area contributed by atoms with Crippen molar-refractivity contribution in [2.75, 3.05) is 44.2 Å². The number of benzene rings is 1. The molecule has 132 valence electrons. The molecule has 1 aromatic carbocycles. The minimum atomic E-state index is -0.284. The zero-order chi connectivity index (χ0) is 17.5. The number of anilines is 1. The maximum Gasteiger partial charge on any atom is 0.330 e. The fourth-order valence-electron chi connectivity index (χ4n) is 2.74. The number of thiophene rings is 1. The largest absolute Gasteiger partial charge is 0.461 e. The molecular weight excluding hydrogens is 356 g/mol. The molecule has 0 unspecified atom stereocenters. The van der Waals surface area contributed by atoms with Crippen molar-refractivity contribution in [1.82, 2.24) is 4.90 Å². The smallest absolute Gasteiger partial charge is 0.330 e. The maximum absolute atomic E-state index is 11.7. The molecule has 0 atom stereocenters. The van der Waals surface area contributed by atoms with E-state index in [2.05, 4.69) is 21.9 Å². The van der Waals surface area contributed by atoms with Crippen LogP contribution in [0.5, 0.6) is 0 Å². The van der Waals surface area contributed by atoms with Gasteiger partial charge in [0.25, 0.3) is 0 Å². The predicted molar refractivity (Wildman–Crippen MR) is 104 cm³/mol. The van der Waals surface area contributed by atoms with Gasteiger partial charge in [-0.25, -0.2) is 4.79 Å². The third-order valence-corrected chi connectivity index (χ3v) is 5.23. The maximum atomic E-state index is 11.7. The van der Waals surface area contributed by atoms with Crippen molar-refractivity contribution in [2.24, 2.45) is 0 Å². The zero-order valence-electron chi connectivity index (χ0n) is 13.9. The van der Waals surface area contributed by atoms with Crippen molar-refractivity contribution in [3.05, 3.63) is 57.8 Å². The number of carbonyl (C=O) groups is 1. The highest BCUT2D eigenvalue weighted by atomic mass is 35.5. The van der Waals surface area contributed by atoms with E-state index < -0.39 is 0 Å². The molecule has 1 aliphatic rings. The predicted octanol–water partition coefficient (Wildman–Crippen LogP) is 3.78. The van der Waals surface area contributed by atoms with Gasteiger partial charge in [-0.1, -0.05) is 17.7 Å². The van der Waals surface area contributed by atoms with Crippen molar-refractivity contribution in [1.29, 1.82) is 0 Å². The average molecular weight is 377 g/mol. The normalized spacial score (nSPS) is 15.6. The van der Waals surface area contributed by atoms with Gasteiger partial charge in [0, 0.05) is 54.4 Å². The Balaban J connectivity index is 1.35. The molecule has 25 heavy (non-hydrogen) atoms. The van der Waals surface area contributed by atoms with Crippen molar-refractivity contribution in [3.63, 3.8) is 0 Å². The molecule has 0 saturated carbocycles. The molecule has 1 aliphatic heterocycles. The highest BCUT2D eigenvalue weighted by molar-refractivity contribution is 7.10. The lowest BCUT2D eigenvalue weighted by atomic mass is 10.2. The Hall–Kier alpha value is -1.82. The number of piperazine rings is 1. The summed E-state index contributed by atoms with van der Waals surface area (Å²) in [5.41, 5.74) is 1.20. The SMILES string of the molecule is O=C(C=Cc1cccs1)OCCN1CCN(c2ccc(Cl)cc2)CC1. The van der Waals surface area contributed by atoms with Crippen LogP contribution in [0.2, 0.25) is 5.02 Å². The number of hydrogen-bond donors (Lipinski definition) is 0. The summed E-state index contributed by atoms with van der Waals surface area (Å²) in [6.45, 7) is 5.06. The van der Waals surface area contributed by atoms with Crippen molar-refractivity contribution >= 4 is 40.7 Å². The van der Waals surface area contributed by atoms with E-state index in [-0.39, 0.29) is 5.97 Å². The second-order valence-electron chi connectivity index (χ2n) is 5.82. The summed E-state index contributed by atoms with van der Waals surface area (Å²) in [7, 11) is 0. The minimum Gasteiger partial charge on any atom is -0.461 e. The first-order chi connectivity index (χ1) is 12.2. The van der Waals surface area contributed by atoms with Crippen molar-refractivity contribution in [2.45, 2.75) is 0 Å². The van der Waals surface area contributed by atoms with Crippen LogP contribution in [0.1, 0.15) is 4.88 Å². The van der Waals surface area contributed by atoms with E-state index in [1.807, 2.05) is 29.6 Å². The lowest BCUT2D eigenvalue weighted by Crippen LogP contribution is -2.47. The summed E-state index contributed by atoms with van der Waals surface area (Å²) in [4.78, 5) is 17.4. The Kier molecular flexibility index (Phi) is 6.50. The van der Waals surface area contributed by atoms with Crippen LogP contribution < -0.4 is 4.90 Å². The minimum absolute atomic E-state index is 0.284. The molecule has 0 bridgehead atoms. The first-order valence-corrected chi connectivity index (χ1v) is 9.58. The molecule has 2 aromatic rings. The number of carbonyl (C=O) groups excluding carboxylic acids is 1. The number of rotatable bonds is 6. The quantitative estimate of drug-likeness (QED) is 0.567. The molecular formula is C19H21ClN2O2S. The Labute approximate surface area is 157 Å². The second kappa shape index (κ2) is 9.04. The average Bonchev–Trinajstić information content (AvgIpc) is 3.15. The summed E-state index contributed by atoms with van der Waals surface area (Å²) in [5.74, 6) is -0.284. The van der Waals surface area contributed by atoms with Gasteiger partial charge in [0.1, 0.15) is 6.61 Å². The van der Waals surface area contributed by atoms with Gasteiger partial charge in [0.2, 0.25) is 0 Å². The summed E-state index contributed by atoms with van der Waals surface area (Å²) >= 11 is 7.53. The zero-order valence-corrected chi connectivity index (χ0v) is 15.5. The third kappa shape index (κ3) is 5.59. The molecule has 1 saturated heterocycles. The van der Waals surface area contributed by atoms with E-state index >= 15 is 0 Å². The fraction of sp³-hybridized carbons (Fsp3) is 0.316. The highest BCUT2D eigenvalue weighted by Gasteiger charge is 2.17. The topological polar surface area (TPSA) is 32.8 Å². The summed E-state index contributed by atoms with van der Waals surface area (Å²) in [6, 6.07) is 11.9. The standard InChI is InChI=1S/C19H21ClN2O2S/c20-16-3-5-17(6-4-16)22-11-9-21(10-12-22)13-14-24-19(23)8-7-18-2-1-15-25-18/h1-8,15H,9-14H2. The Morgan fingerprint density at radius 2 is 1.92 bits per heavy atom. The van der Waals surface area contributed by atoms with Gasteiger partial charge in [-0.3, -0.25) is 4.90 Å². The van der Waals surface area contributed by atoms with E-state index in [9.17, 15) is 4.79 Å². The Morgan fingerprint density at radius 1 is 1.16 bits per heavy atom. The van der Waals surface area contributed by atoms with Crippen LogP contribution in [0.25, 0.3) is 6.08 Å². The summed E-state index contributed by atoms with van der Waals surface area (Å²) in [5, 5.41) is 2.74. The molecule has 1 fully saturated rings. The van der Waals surface area contributed by atoms with Gasteiger partial charge in [-0.2, -0.15) is 0 Å².